The fraction of sp³-hybridized carbons (Fsp3) is 0.800. The van der Waals surface area contributed by atoms with Crippen LogP contribution in [0.2, 0.25) is 0 Å². The first-order valence-corrected chi connectivity index (χ1v) is 7.85. The third kappa shape index (κ3) is 5.43. The fourth-order valence-electron chi connectivity index (χ4n) is 1.77. The van der Waals surface area contributed by atoms with E-state index in [0.29, 0.717) is 39.1 Å². The average molecular weight is 293 g/mol. The highest BCUT2D eigenvalue weighted by Crippen LogP contribution is 2.05. The lowest BCUT2D eigenvalue weighted by Gasteiger charge is -2.33. The number of hydrogen-bond acceptors (Lipinski definition) is 4. The van der Waals surface area contributed by atoms with E-state index in [1.807, 2.05) is 0 Å². The van der Waals surface area contributed by atoms with Gasteiger partial charge >= 0.3 is 12.0 Å². The Morgan fingerprint density at radius 3 is 2.26 bits per heavy atom. The normalized spacial score (nSPS) is 17.2. The van der Waals surface area contributed by atoms with Crippen LogP contribution in [-0.2, 0) is 14.8 Å². The maximum atomic E-state index is 11.7. The van der Waals surface area contributed by atoms with E-state index in [-0.39, 0.29) is 12.5 Å². The molecule has 0 unspecified atom stereocenters. The maximum absolute atomic E-state index is 11.7. The lowest BCUT2D eigenvalue weighted by Crippen LogP contribution is -2.53. The molecule has 1 aliphatic rings. The van der Waals surface area contributed by atoms with Crippen LogP contribution in [0.3, 0.4) is 0 Å². The first kappa shape index (κ1) is 15.7. The summed E-state index contributed by atoms with van der Waals surface area (Å²) in [6.45, 7) is 1.58. The second-order valence-electron chi connectivity index (χ2n) is 4.38. The van der Waals surface area contributed by atoms with Gasteiger partial charge < -0.3 is 15.3 Å². The fourth-order valence-corrected chi connectivity index (χ4v) is 2.60. The Morgan fingerprint density at radius 2 is 1.79 bits per heavy atom. The summed E-state index contributed by atoms with van der Waals surface area (Å²) in [5, 5.41) is 11.1. The molecular weight excluding hydrogens is 274 g/mol. The standard InChI is InChI=1S/C10H19N3O5S/c1-19(17,18)13-7-5-12(6-8-13)10(16)11-4-2-3-9(14)15/h2-8H2,1H3,(H,11,16)(H,14,15). The van der Waals surface area contributed by atoms with Crippen molar-refractivity contribution in [1.29, 1.82) is 0 Å². The van der Waals surface area contributed by atoms with Crippen LogP contribution < -0.4 is 5.32 Å². The van der Waals surface area contributed by atoms with Crippen molar-refractivity contribution in [2.24, 2.45) is 0 Å². The number of nitrogens with zero attached hydrogens (tertiary/aromatic N) is 2. The Morgan fingerprint density at radius 1 is 1.21 bits per heavy atom. The van der Waals surface area contributed by atoms with Crippen molar-refractivity contribution < 1.29 is 23.1 Å². The molecule has 2 amide bonds. The summed E-state index contributed by atoms with van der Waals surface area (Å²) < 4.78 is 23.9. The summed E-state index contributed by atoms with van der Waals surface area (Å²) in [5.74, 6) is -0.893. The maximum Gasteiger partial charge on any atom is 0.317 e. The topological polar surface area (TPSA) is 107 Å². The Bertz CT molecular complexity index is 428. The number of carbonyl (C=O) groups is 2. The van der Waals surface area contributed by atoms with Crippen LogP contribution in [0.15, 0.2) is 0 Å². The molecule has 1 saturated heterocycles. The second-order valence-corrected chi connectivity index (χ2v) is 6.36. The first-order chi connectivity index (χ1) is 8.80. The van der Waals surface area contributed by atoms with E-state index in [2.05, 4.69) is 5.32 Å². The zero-order chi connectivity index (χ0) is 14.5. The van der Waals surface area contributed by atoms with E-state index in [1.165, 1.54) is 9.21 Å². The molecule has 1 rings (SSSR count). The van der Waals surface area contributed by atoms with Crippen LogP contribution in [0.1, 0.15) is 12.8 Å². The Labute approximate surface area is 112 Å². The molecule has 0 bridgehead atoms. The average Bonchev–Trinajstić information content (AvgIpc) is 2.33. The highest BCUT2D eigenvalue weighted by atomic mass is 32.2. The van der Waals surface area contributed by atoms with Crippen molar-refractivity contribution in [1.82, 2.24) is 14.5 Å². The molecule has 0 aliphatic carbocycles. The molecule has 2 N–H and O–H groups in total. The van der Waals surface area contributed by atoms with Gasteiger partial charge in [-0.2, -0.15) is 4.31 Å². The molecule has 0 spiro atoms. The SMILES string of the molecule is CS(=O)(=O)N1CCN(C(=O)NCCCC(=O)O)CC1. The van der Waals surface area contributed by atoms with Crippen LogP contribution in [-0.4, -0.2) is 73.7 Å². The molecule has 0 atom stereocenters. The number of sulfonamides is 1. The van der Waals surface area contributed by atoms with Gasteiger partial charge in [0, 0.05) is 39.1 Å². The number of carboxylic acid groups (broad SMARTS) is 1. The molecule has 19 heavy (non-hydrogen) atoms. The van der Waals surface area contributed by atoms with Gasteiger partial charge in [-0.05, 0) is 6.42 Å². The van der Waals surface area contributed by atoms with E-state index < -0.39 is 16.0 Å². The van der Waals surface area contributed by atoms with Gasteiger partial charge in [0.15, 0.2) is 0 Å². The summed E-state index contributed by atoms with van der Waals surface area (Å²) in [7, 11) is -3.20. The van der Waals surface area contributed by atoms with E-state index in [9.17, 15) is 18.0 Å². The largest absolute Gasteiger partial charge is 0.481 e. The number of carboxylic acids is 1. The molecule has 9 heteroatoms. The number of rotatable bonds is 5. The third-order valence-electron chi connectivity index (χ3n) is 2.84. The quantitative estimate of drug-likeness (QED) is 0.641. The predicted octanol–water partition coefficient (Wildman–Crippen LogP) is -0.862. The highest BCUT2D eigenvalue weighted by molar-refractivity contribution is 7.88. The number of piperazine rings is 1. The lowest BCUT2D eigenvalue weighted by atomic mass is 10.3. The summed E-state index contributed by atoms with van der Waals surface area (Å²) in [6.07, 6.45) is 1.54. The van der Waals surface area contributed by atoms with Crippen LogP contribution in [0, 0.1) is 0 Å². The zero-order valence-electron chi connectivity index (χ0n) is 10.8. The monoisotopic (exact) mass is 293 g/mol. The molecule has 8 nitrogen and oxygen atoms in total. The van der Waals surface area contributed by atoms with Crippen molar-refractivity contribution in [3.05, 3.63) is 0 Å². The summed E-state index contributed by atoms with van der Waals surface area (Å²) in [6, 6.07) is -0.279. The van der Waals surface area contributed by atoms with Gasteiger partial charge in [0.05, 0.1) is 6.26 Å². The smallest absolute Gasteiger partial charge is 0.317 e. The predicted molar refractivity (Wildman–Crippen MR) is 68.3 cm³/mol. The Hall–Kier alpha value is -1.35. The van der Waals surface area contributed by atoms with Gasteiger partial charge in [0.25, 0.3) is 0 Å². The van der Waals surface area contributed by atoms with Gasteiger partial charge in [-0.1, -0.05) is 0 Å². The molecule has 1 fully saturated rings. The van der Waals surface area contributed by atoms with Crippen molar-refractivity contribution in [2.75, 3.05) is 39.0 Å². The molecule has 110 valence electrons. The van der Waals surface area contributed by atoms with Gasteiger partial charge in [0.1, 0.15) is 0 Å². The molecule has 1 aliphatic heterocycles. The molecule has 1 heterocycles. The number of aliphatic carboxylic acids is 1. The van der Waals surface area contributed by atoms with E-state index in [0.717, 1.165) is 6.26 Å². The van der Waals surface area contributed by atoms with Gasteiger partial charge in [-0.15, -0.1) is 0 Å². The second kappa shape index (κ2) is 6.71. The van der Waals surface area contributed by atoms with Gasteiger partial charge in [-0.3, -0.25) is 4.79 Å². The van der Waals surface area contributed by atoms with Crippen molar-refractivity contribution >= 4 is 22.0 Å². The highest BCUT2D eigenvalue weighted by Gasteiger charge is 2.25. The van der Waals surface area contributed by atoms with Crippen molar-refractivity contribution in [3.63, 3.8) is 0 Å². The Kier molecular flexibility index (Phi) is 5.55. The summed E-state index contributed by atoms with van der Waals surface area (Å²) >= 11 is 0. The van der Waals surface area contributed by atoms with E-state index in [1.54, 1.807) is 0 Å². The minimum atomic E-state index is -3.20. The summed E-state index contributed by atoms with van der Waals surface area (Å²) in [5.41, 5.74) is 0. The van der Waals surface area contributed by atoms with Crippen molar-refractivity contribution in [3.8, 4) is 0 Å². The van der Waals surface area contributed by atoms with Crippen molar-refractivity contribution in [2.45, 2.75) is 12.8 Å². The molecule has 0 saturated carbocycles. The van der Waals surface area contributed by atoms with Crippen LogP contribution in [0.25, 0.3) is 0 Å². The lowest BCUT2D eigenvalue weighted by molar-refractivity contribution is -0.137. The molecule has 0 aromatic rings. The van der Waals surface area contributed by atoms with E-state index in [4.69, 9.17) is 5.11 Å². The minimum absolute atomic E-state index is 0.0160. The molecule has 0 radical (unpaired) electrons. The van der Waals surface area contributed by atoms with Gasteiger partial charge in [-0.25, -0.2) is 13.2 Å². The van der Waals surface area contributed by atoms with Crippen LogP contribution in [0.5, 0.6) is 0 Å². The zero-order valence-corrected chi connectivity index (χ0v) is 11.6. The van der Waals surface area contributed by atoms with E-state index >= 15 is 0 Å². The molecule has 0 aromatic carbocycles. The number of amides is 2. The number of nitrogens with one attached hydrogen (secondary N) is 1. The first-order valence-electron chi connectivity index (χ1n) is 6.00. The minimum Gasteiger partial charge on any atom is -0.481 e. The molecular formula is C10H19N3O5S. The molecule has 0 aromatic heterocycles. The number of carbonyl (C=O) groups excluding carboxylic acids is 1. The number of hydrogen-bond donors (Lipinski definition) is 2. The third-order valence-corrected chi connectivity index (χ3v) is 4.14. The Balaban J connectivity index is 2.27. The van der Waals surface area contributed by atoms with Gasteiger partial charge in [0.2, 0.25) is 10.0 Å². The summed E-state index contributed by atoms with van der Waals surface area (Å²) in [4.78, 5) is 23.5. The van der Waals surface area contributed by atoms with Crippen LogP contribution in [0.4, 0.5) is 4.79 Å². The van der Waals surface area contributed by atoms with Crippen LogP contribution >= 0.6 is 0 Å². The number of urea groups is 1.